The van der Waals surface area contributed by atoms with Gasteiger partial charge >= 0.3 is 0 Å². The molecule has 1 N–H and O–H groups in total. The second-order valence-corrected chi connectivity index (χ2v) is 4.92. The summed E-state index contributed by atoms with van der Waals surface area (Å²) in [7, 11) is 1.70. The van der Waals surface area contributed by atoms with Crippen LogP contribution in [-0.4, -0.2) is 37.5 Å². The third kappa shape index (κ3) is 9.16. The van der Waals surface area contributed by atoms with Crippen LogP contribution in [0.3, 0.4) is 0 Å². The van der Waals surface area contributed by atoms with E-state index in [4.69, 9.17) is 0 Å². The molecule has 0 fully saturated rings. The Morgan fingerprint density at radius 1 is 1.24 bits per heavy atom. The van der Waals surface area contributed by atoms with E-state index in [9.17, 15) is 4.79 Å². The molecule has 3 heteroatoms. The summed E-state index contributed by atoms with van der Waals surface area (Å²) in [5.74, 6) is 0.969. The van der Waals surface area contributed by atoms with Crippen LogP contribution in [0.2, 0.25) is 0 Å². The van der Waals surface area contributed by atoms with Gasteiger partial charge in [0.1, 0.15) is 0 Å². The Kier molecular flexibility index (Phi) is 10.2. The molecule has 0 saturated heterocycles. The third-order valence-electron chi connectivity index (χ3n) is 3.33. The van der Waals surface area contributed by atoms with E-state index in [1.54, 1.807) is 7.05 Å². The maximum Gasteiger partial charge on any atom is 0.219 e. The molecular formula is C14H30N2O. The predicted molar refractivity (Wildman–Crippen MR) is 74.1 cm³/mol. The van der Waals surface area contributed by atoms with E-state index in [0.29, 0.717) is 6.42 Å². The highest BCUT2D eigenvalue weighted by molar-refractivity contribution is 5.75. The third-order valence-corrected chi connectivity index (χ3v) is 3.33. The van der Waals surface area contributed by atoms with Crippen molar-refractivity contribution in [3.8, 4) is 0 Å². The van der Waals surface area contributed by atoms with Gasteiger partial charge in [0.05, 0.1) is 0 Å². The summed E-state index contributed by atoms with van der Waals surface area (Å²) >= 11 is 0. The van der Waals surface area contributed by atoms with Crippen LogP contribution in [0.1, 0.15) is 52.9 Å². The Balaban J connectivity index is 3.77. The molecule has 0 radical (unpaired) electrons. The normalized spacial score (nSPS) is 12.8. The van der Waals surface area contributed by atoms with Crippen molar-refractivity contribution in [1.29, 1.82) is 0 Å². The van der Waals surface area contributed by atoms with Crippen molar-refractivity contribution in [1.82, 2.24) is 10.2 Å². The SMILES string of the molecule is CCCN(CCCC(=O)NC)CCC(C)CC. The number of nitrogens with zero attached hydrogens (tertiary/aromatic N) is 1. The van der Waals surface area contributed by atoms with Gasteiger partial charge in [0, 0.05) is 13.5 Å². The Labute approximate surface area is 107 Å². The molecule has 102 valence electrons. The van der Waals surface area contributed by atoms with E-state index in [1.165, 1.54) is 25.8 Å². The fourth-order valence-electron chi connectivity index (χ4n) is 1.85. The number of rotatable bonds is 10. The van der Waals surface area contributed by atoms with E-state index in [2.05, 4.69) is 31.0 Å². The molecule has 0 bridgehead atoms. The van der Waals surface area contributed by atoms with Crippen LogP contribution in [0, 0.1) is 5.92 Å². The fourth-order valence-corrected chi connectivity index (χ4v) is 1.85. The Bertz CT molecular complexity index is 195. The van der Waals surface area contributed by atoms with Crippen LogP contribution in [-0.2, 0) is 4.79 Å². The van der Waals surface area contributed by atoms with Crippen LogP contribution in [0.15, 0.2) is 0 Å². The molecule has 1 amide bonds. The molecule has 0 aliphatic rings. The van der Waals surface area contributed by atoms with E-state index in [1.807, 2.05) is 0 Å². The molecule has 0 rings (SSSR count). The lowest BCUT2D eigenvalue weighted by Crippen LogP contribution is -2.29. The zero-order valence-electron chi connectivity index (χ0n) is 12.1. The molecule has 0 aliphatic heterocycles. The average molecular weight is 242 g/mol. The highest BCUT2D eigenvalue weighted by Gasteiger charge is 2.07. The zero-order valence-corrected chi connectivity index (χ0v) is 12.1. The molecule has 0 aromatic rings. The smallest absolute Gasteiger partial charge is 0.219 e. The van der Waals surface area contributed by atoms with Crippen molar-refractivity contribution in [2.75, 3.05) is 26.7 Å². The van der Waals surface area contributed by atoms with Crippen LogP contribution < -0.4 is 5.32 Å². The minimum atomic E-state index is 0.156. The maximum atomic E-state index is 11.1. The summed E-state index contributed by atoms with van der Waals surface area (Å²) in [5, 5.41) is 2.67. The molecular weight excluding hydrogens is 212 g/mol. The second-order valence-electron chi connectivity index (χ2n) is 4.92. The lowest BCUT2D eigenvalue weighted by molar-refractivity contribution is -0.120. The topological polar surface area (TPSA) is 32.3 Å². The first-order chi connectivity index (χ1) is 8.13. The van der Waals surface area contributed by atoms with Crippen molar-refractivity contribution >= 4 is 5.91 Å². The van der Waals surface area contributed by atoms with E-state index in [0.717, 1.165) is 25.4 Å². The van der Waals surface area contributed by atoms with E-state index >= 15 is 0 Å². The van der Waals surface area contributed by atoms with E-state index < -0.39 is 0 Å². The number of carbonyl (C=O) groups is 1. The maximum absolute atomic E-state index is 11.1. The van der Waals surface area contributed by atoms with Crippen LogP contribution in [0.25, 0.3) is 0 Å². The first-order valence-electron chi connectivity index (χ1n) is 7.06. The van der Waals surface area contributed by atoms with Gasteiger partial charge in [-0.3, -0.25) is 4.79 Å². The molecule has 1 unspecified atom stereocenters. The van der Waals surface area contributed by atoms with Gasteiger partial charge in [-0.25, -0.2) is 0 Å². The summed E-state index contributed by atoms with van der Waals surface area (Å²) in [6, 6.07) is 0. The highest BCUT2D eigenvalue weighted by atomic mass is 16.1. The summed E-state index contributed by atoms with van der Waals surface area (Å²) in [5.41, 5.74) is 0. The summed E-state index contributed by atoms with van der Waals surface area (Å²) < 4.78 is 0. The number of hydrogen-bond donors (Lipinski definition) is 1. The highest BCUT2D eigenvalue weighted by Crippen LogP contribution is 2.08. The van der Waals surface area contributed by atoms with Gasteiger partial charge in [-0.05, 0) is 44.8 Å². The fraction of sp³-hybridized carbons (Fsp3) is 0.929. The van der Waals surface area contributed by atoms with E-state index in [-0.39, 0.29) is 5.91 Å². The Hall–Kier alpha value is -0.570. The van der Waals surface area contributed by atoms with Gasteiger partial charge in [-0.15, -0.1) is 0 Å². The minimum absolute atomic E-state index is 0.156. The summed E-state index contributed by atoms with van der Waals surface area (Å²) in [6.45, 7) is 10.2. The van der Waals surface area contributed by atoms with Crippen LogP contribution in [0.5, 0.6) is 0 Å². The molecule has 0 aliphatic carbocycles. The number of amides is 1. The Morgan fingerprint density at radius 2 is 1.94 bits per heavy atom. The quantitative estimate of drug-likeness (QED) is 0.639. The first-order valence-corrected chi connectivity index (χ1v) is 7.06. The van der Waals surface area contributed by atoms with Crippen molar-refractivity contribution in [2.45, 2.75) is 52.9 Å². The molecule has 0 aromatic carbocycles. The predicted octanol–water partition coefficient (Wildman–Crippen LogP) is 2.66. The monoisotopic (exact) mass is 242 g/mol. The molecule has 1 atom stereocenters. The van der Waals surface area contributed by atoms with Crippen molar-refractivity contribution in [3.05, 3.63) is 0 Å². The standard InChI is InChI=1S/C14H30N2O/c1-5-10-16(12-9-13(3)6-2)11-7-8-14(17)15-4/h13H,5-12H2,1-4H3,(H,15,17). The van der Waals surface area contributed by atoms with Crippen molar-refractivity contribution < 1.29 is 4.79 Å². The minimum Gasteiger partial charge on any atom is -0.359 e. The first kappa shape index (κ1) is 16.4. The van der Waals surface area contributed by atoms with Gasteiger partial charge in [-0.1, -0.05) is 27.2 Å². The molecule has 0 spiro atoms. The number of nitrogens with one attached hydrogen (secondary N) is 1. The van der Waals surface area contributed by atoms with Gasteiger partial charge in [-0.2, -0.15) is 0 Å². The summed E-state index contributed by atoms with van der Waals surface area (Å²) in [4.78, 5) is 13.6. The molecule has 0 heterocycles. The zero-order chi connectivity index (χ0) is 13.1. The molecule has 0 saturated carbocycles. The average Bonchev–Trinajstić information content (AvgIpc) is 2.35. The lowest BCUT2D eigenvalue weighted by atomic mass is 10.0. The van der Waals surface area contributed by atoms with Crippen LogP contribution in [0.4, 0.5) is 0 Å². The van der Waals surface area contributed by atoms with Crippen LogP contribution >= 0.6 is 0 Å². The molecule has 0 aromatic heterocycles. The van der Waals surface area contributed by atoms with Gasteiger partial charge < -0.3 is 10.2 Å². The molecule has 3 nitrogen and oxygen atoms in total. The summed E-state index contributed by atoms with van der Waals surface area (Å²) in [6.07, 6.45) is 5.36. The van der Waals surface area contributed by atoms with Gasteiger partial charge in [0.15, 0.2) is 0 Å². The lowest BCUT2D eigenvalue weighted by Gasteiger charge is -2.23. The number of hydrogen-bond acceptors (Lipinski definition) is 2. The Morgan fingerprint density at radius 3 is 2.47 bits per heavy atom. The van der Waals surface area contributed by atoms with Crippen molar-refractivity contribution in [3.63, 3.8) is 0 Å². The van der Waals surface area contributed by atoms with Gasteiger partial charge in [0.25, 0.3) is 0 Å². The molecule has 17 heavy (non-hydrogen) atoms. The number of carbonyl (C=O) groups excluding carboxylic acids is 1. The second kappa shape index (κ2) is 10.6. The largest absolute Gasteiger partial charge is 0.359 e. The van der Waals surface area contributed by atoms with Gasteiger partial charge in [0.2, 0.25) is 5.91 Å². The van der Waals surface area contributed by atoms with Crippen molar-refractivity contribution in [2.24, 2.45) is 5.92 Å².